The quantitative estimate of drug-likeness (QED) is 0.838. The lowest BCUT2D eigenvalue weighted by molar-refractivity contribution is -0.138. The standard InChI is InChI=1S/C11H8F3NO3/c1-15-8-4-7(11(12,13)14)6(10(17)18)2-5(8)3-9(15)16/h2,4H,3H2,1H3,(H,17,18). The predicted molar refractivity (Wildman–Crippen MR) is 55.5 cm³/mol. The SMILES string of the molecule is CN1C(=O)Cc2cc(C(=O)O)c(C(F)(F)F)cc21. The van der Waals surface area contributed by atoms with Crippen LogP contribution >= 0.6 is 0 Å². The maximum absolute atomic E-state index is 12.7. The molecule has 0 aromatic heterocycles. The van der Waals surface area contributed by atoms with Crippen LogP contribution in [0.1, 0.15) is 21.5 Å². The monoisotopic (exact) mass is 259 g/mol. The number of alkyl halides is 3. The van der Waals surface area contributed by atoms with Crippen molar-refractivity contribution in [1.29, 1.82) is 0 Å². The van der Waals surface area contributed by atoms with Gasteiger partial charge in [-0.05, 0) is 17.7 Å². The summed E-state index contributed by atoms with van der Waals surface area (Å²) in [6.07, 6.45) is -4.85. The largest absolute Gasteiger partial charge is 0.478 e. The highest BCUT2D eigenvalue weighted by Crippen LogP contribution is 2.38. The molecule has 0 bridgehead atoms. The van der Waals surface area contributed by atoms with Gasteiger partial charge in [0.05, 0.1) is 17.5 Å². The predicted octanol–water partition coefficient (Wildman–Crippen LogP) is 1.92. The van der Waals surface area contributed by atoms with Crippen LogP contribution in [0.25, 0.3) is 0 Å². The highest BCUT2D eigenvalue weighted by molar-refractivity contribution is 6.02. The van der Waals surface area contributed by atoms with Crippen LogP contribution < -0.4 is 4.90 Å². The number of carboxylic acid groups (broad SMARTS) is 1. The Morgan fingerprint density at radius 2 is 2.00 bits per heavy atom. The van der Waals surface area contributed by atoms with Crippen molar-refractivity contribution >= 4 is 17.6 Å². The van der Waals surface area contributed by atoms with Crippen molar-refractivity contribution in [2.24, 2.45) is 0 Å². The number of halogens is 3. The molecule has 1 N–H and O–H groups in total. The second-order valence-corrected chi connectivity index (χ2v) is 3.96. The van der Waals surface area contributed by atoms with E-state index < -0.39 is 23.3 Å². The van der Waals surface area contributed by atoms with E-state index in [4.69, 9.17) is 5.11 Å². The van der Waals surface area contributed by atoms with E-state index in [0.29, 0.717) is 11.6 Å². The van der Waals surface area contributed by atoms with Crippen molar-refractivity contribution in [3.05, 3.63) is 28.8 Å². The lowest BCUT2D eigenvalue weighted by Crippen LogP contribution is -2.21. The van der Waals surface area contributed by atoms with Crippen LogP contribution in [0.15, 0.2) is 12.1 Å². The highest BCUT2D eigenvalue weighted by atomic mass is 19.4. The number of carboxylic acids is 1. The fourth-order valence-electron chi connectivity index (χ4n) is 1.91. The fourth-order valence-corrected chi connectivity index (χ4v) is 1.91. The van der Waals surface area contributed by atoms with Gasteiger partial charge in [-0.3, -0.25) is 4.79 Å². The Morgan fingerprint density at radius 1 is 1.39 bits per heavy atom. The van der Waals surface area contributed by atoms with Gasteiger partial charge in [0.2, 0.25) is 5.91 Å². The first-order valence-electron chi connectivity index (χ1n) is 4.96. The maximum Gasteiger partial charge on any atom is 0.417 e. The molecule has 1 aliphatic heterocycles. The summed E-state index contributed by atoms with van der Waals surface area (Å²) < 4.78 is 38.2. The molecule has 1 amide bonds. The van der Waals surface area contributed by atoms with Crippen molar-refractivity contribution in [2.45, 2.75) is 12.6 Å². The number of amides is 1. The molecule has 96 valence electrons. The molecule has 1 aromatic rings. The van der Waals surface area contributed by atoms with E-state index in [-0.39, 0.29) is 18.0 Å². The molecule has 1 aliphatic rings. The minimum atomic E-state index is -4.77. The average molecular weight is 259 g/mol. The fraction of sp³-hybridized carbons (Fsp3) is 0.273. The third kappa shape index (κ3) is 1.81. The lowest BCUT2D eigenvalue weighted by atomic mass is 10.0. The molecule has 4 nitrogen and oxygen atoms in total. The molecule has 0 radical (unpaired) electrons. The van der Waals surface area contributed by atoms with Gasteiger partial charge < -0.3 is 10.0 Å². The number of rotatable bonds is 1. The zero-order valence-corrected chi connectivity index (χ0v) is 9.21. The summed E-state index contributed by atoms with van der Waals surface area (Å²) in [5, 5.41) is 8.79. The summed E-state index contributed by atoms with van der Waals surface area (Å²) in [4.78, 5) is 23.3. The van der Waals surface area contributed by atoms with E-state index in [1.165, 1.54) is 7.05 Å². The number of carbonyl (C=O) groups is 2. The third-order valence-corrected chi connectivity index (χ3v) is 2.83. The molecule has 2 rings (SSSR count). The van der Waals surface area contributed by atoms with Gasteiger partial charge in [-0.2, -0.15) is 13.2 Å². The van der Waals surface area contributed by atoms with Gasteiger partial charge in [-0.1, -0.05) is 0 Å². The Labute approximate surface area is 99.6 Å². The molecule has 7 heteroatoms. The van der Waals surface area contributed by atoms with Gasteiger partial charge in [0.1, 0.15) is 0 Å². The molecule has 0 spiro atoms. The highest BCUT2D eigenvalue weighted by Gasteiger charge is 2.38. The minimum absolute atomic E-state index is 0.0791. The molecule has 0 saturated heterocycles. The van der Waals surface area contributed by atoms with Crippen LogP contribution in [0.3, 0.4) is 0 Å². The molecule has 0 aliphatic carbocycles. The van der Waals surface area contributed by atoms with E-state index in [9.17, 15) is 22.8 Å². The number of nitrogens with zero attached hydrogens (tertiary/aromatic N) is 1. The van der Waals surface area contributed by atoms with E-state index in [1.54, 1.807) is 0 Å². The Kier molecular flexibility index (Phi) is 2.57. The van der Waals surface area contributed by atoms with E-state index >= 15 is 0 Å². The first kappa shape index (κ1) is 12.4. The Balaban J connectivity index is 2.68. The molecule has 1 heterocycles. The number of aromatic carboxylic acids is 1. The van der Waals surface area contributed by atoms with Gasteiger partial charge in [-0.15, -0.1) is 0 Å². The zero-order valence-electron chi connectivity index (χ0n) is 9.21. The number of anilines is 1. The van der Waals surface area contributed by atoms with Crippen LogP contribution in [-0.2, 0) is 17.4 Å². The van der Waals surface area contributed by atoms with Crippen molar-refractivity contribution in [2.75, 3.05) is 11.9 Å². The molecule has 0 saturated carbocycles. The number of hydrogen-bond acceptors (Lipinski definition) is 2. The van der Waals surface area contributed by atoms with E-state index in [1.807, 2.05) is 0 Å². The van der Waals surface area contributed by atoms with Gasteiger partial charge in [0.25, 0.3) is 0 Å². The molecule has 1 aromatic carbocycles. The van der Waals surface area contributed by atoms with Crippen molar-refractivity contribution in [3.8, 4) is 0 Å². The number of likely N-dealkylation sites (N-methyl/N-ethyl adjacent to an activating group) is 1. The van der Waals surface area contributed by atoms with Gasteiger partial charge in [0.15, 0.2) is 0 Å². The Morgan fingerprint density at radius 3 is 2.50 bits per heavy atom. The number of fused-ring (bicyclic) bond motifs is 1. The van der Waals surface area contributed by atoms with Gasteiger partial charge in [0, 0.05) is 12.7 Å². The van der Waals surface area contributed by atoms with Crippen LogP contribution in [0.2, 0.25) is 0 Å². The summed E-state index contributed by atoms with van der Waals surface area (Å²) in [6, 6.07) is 1.63. The van der Waals surface area contributed by atoms with Gasteiger partial charge >= 0.3 is 12.1 Å². The summed E-state index contributed by atoms with van der Waals surface area (Å²) in [6.45, 7) is 0. The molecule has 0 atom stereocenters. The van der Waals surface area contributed by atoms with Crippen LogP contribution in [-0.4, -0.2) is 24.0 Å². The molecular formula is C11H8F3NO3. The maximum atomic E-state index is 12.7. The average Bonchev–Trinajstić information content (AvgIpc) is 2.52. The lowest BCUT2D eigenvalue weighted by Gasteiger charge is -2.15. The smallest absolute Gasteiger partial charge is 0.417 e. The van der Waals surface area contributed by atoms with Crippen molar-refractivity contribution < 1.29 is 27.9 Å². The van der Waals surface area contributed by atoms with Crippen LogP contribution in [0, 0.1) is 0 Å². The van der Waals surface area contributed by atoms with Gasteiger partial charge in [-0.25, -0.2) is 4.79 Å². The molecule has 18 heavy (non-hydrogen) atoms. The number of hydrogen-bond donors (Lipinski definition) is 1. The topological polar surface area (TPSA) is 57.6 Å². The first-order chi connectivity index (χ1) is 8.21. The second kappa shape index (κ2) is 3.72. The van der Waals surface area contributed by atoms with E-state index in [2.05, 4.69) is 0 Å². The Bertz CT molecular complexity index is 551. The minimum Gasteiger partial charge on any atom is -0.478 e. The summed E-state index contributed by atoms with van der Waals surface area (Å²) in [7, 11) is 1.36. The molecule has 0 fully saturated rings. The van der Waals surface area contributed by atoms with Crippen LogP contribution in [0.5, 0.6) is 0 Å². The summed E-state index contributed by atoms with van der Waals surface area (Å²) >= 11 is 0. The molecular weight excluding hydrogens is 251 g/mol. The molecule has 0 unspecified atom stereocenters. The summed E-state index contributed by atoms with van der Waals surface area (Å²) in [5.74, 6) is -2.02. The van der Waals surface area contributed by atoms with Crippen LogP contribution in [0.4, 0.5) is 18.9 Å². The first-order valence-corrected chi connectivity index (χ1v) is 4.96. The third-order valence-electron chi connectivity index (χ3n) is 2.83. The zero-order chi connectivity index (χ0) is 13.7. The second-order valence-electron chi connectivity index (χ2n) is 3.96. The number of benzene rings is 1. The van der Waals surface area contributed by atoms with Crippen molar-refractivity contribution in [1.82, 2.24) is 0 Å². The van der Waals surface area contributed by atoms with Crippen molar-refractivity contribution in [3.63, 3.8) is 0 Å². The Hall–Kier alpha value is -2.05. The summed E-state index contributed by atoms with van der Waals surface area (Å²) in [5.41, 5.74) is -1.66. The van der Waals surface area contributed by atoms with E-state index in [0.717, 1.165) is 11.0 Å². The normalized spacial score (nSPS) is 14.9. The number of carbonyl (C=O) groups excluding carboxylic acids is 1.